The molecule has 0 saturated heterocycles. The Balaban J connectivity index is 2.19. The zero-order valence-corrected chi connectivity index (χ0v) is 12.9. The maximum absolute atomic E-state index is 9.44. The summed E-state index contributed by atoms with van der Waals surface area (Å²) in [6.45, 7) is 2.73. The number of thioether (sulfide) groups is 1. The minimum absolute atomic E-state index is 0.284. The fraction of sp³-hybridized carbons (Fsp3) is 0.562. The molecule has 0 heterocycles. The van der Waals surface area contributed by atoms with E-state index in [1.54, 1.807) is 11.8 Å². The molecule has 2 rings (SSSR count). The fourth-order valence-electron chi connectivity index (χ4n) is 2.97. The normalized spacial score (nSPS) is 16.9. The Bertz CT molecular complexity index is 475. The molecule has 1 saturated carbocycles. The molecule has 1 aromatic carbocycles. The number of benzene rings is 1. The molecule has 0 aliphatic heterocycles. The van der Waals surface area contributed by atoms with Gasteiger partial charge in [-0.1, -0.05) is 25.8 Å². The van der Waals surface area contributed by atoms with Crippen LogP contribution in [0.5, 0.6) is 0 Å². The van der Waals surface area contributed by atoms with Gasteiger partial charge in [0.1, 0.15) is 6.07 Å². The number of rotatable bonds is 6. The molecular formula is C16H23N3S. The highest BCUT2D eigenvalue weighted by Crippen LogP contribution is 2.32. The Morgan fingerprint density at radius 2 is 2.20 bits per heavy atom. The van der Waals surface area contributed by atoms with Gasteiger partial charge in [-0.25, -0.2) is 0 Å². The average molecular weight is 289 g/mol. The van der Waals surface area contributed by atoms with E-state index in [1.165, 1.54) is 25.7 Å². The quantitative estimate of drug-likeness (QED) is 0.785. The second-order valence-electron chi connectivity index (χ2n) is 5.25. The lowest BCUT2D eigenvalue weighted by Gasteiger charge is -2.25. The summed E-state index contributed by atoms with van der Waals surface area (Å²) in [7, 11) is 0. The van der Waals surface area contributed by atoms with Gasteiger partial charge in [0.2, 0.25) is 0 Å². The number of nitrogens with zero attached hydrogens (tertiary/aromatic N) is 1. The van der Waals surface area contributed by atoms with Crippen molar-refractivity contribution in [2.75, 3.05) is 17.6 Å². The van der Waals surface area contributed by atoms with Gasteiger partial charge in [-0.15, -0.1) is 11.8 Å². The molecule has 0 radical (unpaired) electrons. The fourth-order valence-corrected chi connectivity index (χ4v) is 3.76. The molecular weight excluding hydrogens is 266 g/mol. The van der Waals surface area contributed by atoms with Crippen LogP contribution in [0.15, 0.2) is 23.1 Å². The van der Waals surface area contributed by atoms with Gasteiger partial charge in [0, 0.05) is 17.5 Å². The lowest BCUT2D eigenvalue weighted by atomic mass is 9.97. The summed E-state index contributed by atoms with van der Waals surface area (Å²) in [6.07, 6.45) is 5.11. The van der Waals surface area contributed by atoms with Gasteiger partial charge >= 0.3 is 0 Å². The largest absolute Gasteiger partial charge is 0.380 e. The van der Waals surface area contributed by atoms with E-state index in [0.717, 1.165) is 21.9 Å². The third kappa shape index (κ3) is 3.47. The van der Waals surface area contributed by atoms with Crippen molar-refractivity contribution in [1.29, 1.82) is 5.26 Å². The van der Waals surface area contributed by atoms with Gasteiger partial charge in [-0.05, 0) is 36.6 Å². The Labute approximate surface area is 125 Å². The van der Waals surface area contributed by atoms with E-state index in [0.29, 0.717) is 12.5 Å². The lowest BCUT2D eigenvalue weighted by Crippen LogP contribution is -2.35. The minimum atomic E-state index is 0.284. The SMILES string of the molecule is CCSc1cccc(NC(CN)C2CCCC2)c1C#N. The first-order chi connectivity index (χ1) is 9.80. The monoisotopic (exact) mass is 289 g/mol. The molecule has 0 spiro atoms. The van der Waals surface area contributed by atoms with Crippen LogP contribution < -0.4 is 11.1 Å². The lowest BCUT2D eigenvalue weighted by molar-refractivity contribution is 0.462. The highest BCUT2D eigenvalue weighted by molar-refractivity contribution is 7.99. The van der Waals surface area contributed by atoms with Gasteiger partial charge in [0.05, 0.1) is 11.3 Å². The molecule has 20 heavy (non-hydrogen) atoms. The van der Waals surface area contributed by atoms with Crippen LogP contribution in [0, 0.1) is 17.2 Å². The molecule has 1 aliphatic carbocycles. The minimum Gasteiger partial charge on any atom is -0.380 e. The van der Waals surface area contributed by atoms with Crippen LogP contribution in [0.2, 0.25) is 0 Å². The molecule has 0 aromatic heterocycles. The third-order valence-corrected chi connectivity index (χ3v) is 4.94. The molecule has 1 aromatic rings. The van der Waals surface area contributed by atoms with E-state index in [9.17, 15) is 5.26 Å². The van der Waals surface area contributed by atoms with E-state index in [-0.39, 0.29) is 6.04 Å². The van der Waals surface area contributed by atoms with Crippen molar-refractivity contribution in [3.05, 3.63) is 23.8 Å². The highest BCUT2D eigenvalue weighted by Gasteiger charge is 2.24. The van der Waals surface area contributed by atoms with Crippen molar-refractivity contribution in [3.63, 3.8) is 0 Å². The van der Waals surface area contributed by atoms with E-state index in [4.69, 9.17) is 5.73 Å². The first-order valence-electron chi connectivity index (χ1n) is 7.42. The van der Waals surface area contributed by atoms with Crippen LogP contribution in [0.4, 0.5) is 5.69 Å². The number of hydrogen-bond acceptors (Lipinski definition) is 4. The van der Waals surface area contributed by atoms with Crippen molar-refractivity contribution in [2.45, 2.75) is 43.5 Å². The summed E-state index contributed by atoms with van der Waals surface area (Å²) < 4.78 is 0. The van der Waals surface area contributed by atoms with Crippen LogP contribution in [0.25, 0.3) is 0 Å². The number of anilines is 1. The number of nitrogens with two attached hydrogens (primary N) is 1. The van der Waals surface area contributed by atoms with Gasteiger partial charge in [-0.2, -0.15) is 5.26 Å². The Hall–Kier alpha value is -1.18. The van der Waals surface area contributed by atoms with Gasteiger partial charge in [0.25, 0.3) is 0 Å². The number of nitrogens with one attached hydrogen (secondary N) is 1. The molecule has 1 unspecified atom stereocenters. The average Bonchev–Trinajstić information content (AvgIpc) is 2.99. The topological polar surface area (TPSA) is 61.8 Å². The summed E-state index contributed by atoms with van der Waals surface area (Å²) in [6, 6.07) is 8.66. The van der Waals surface area contributed by atoms with Crippen molar-refractivity contribution in [1.82, 2.24) is 0 Å². The van der Waals surface area contributed by atoms with Crippen molar-refractivity contribution in [2.24, 2.45) is 11.7 Å². The standard InChI is InChI=1S/C16H23N3S/c1-2-20-16-9-5-8-14(13(16)10-17)19-15(11-18)12-6-3-4-7-12/h5,8-9,12,15,19H,2-4,6-7,11,18H2,1H3. The first-order valence-corrected chi connectivity index (χ1v) is 8.41. The van der Waals surface area contributed by atoms with E-state index in [2.05, 4.69) is 18.3 Å². The van der Waals surface area contributed by atoms with E-state index in [1.807, 2.05) is 18.2 Å². The Morgan fingerprint density at radius 1 is 1.45 bits per heavy atom. The molecule has 1 atom stereocenters. The molecule has 0 bridgehead atoms. The van der Waals surface area contributed by atoms with Crippen LogP contribution in [-0.4, -0.2) is 18.3 Å². The van der Waals surface area contributed by atoms with Crippen molar-refractivity contribution in [3.8, 4) is 6.07 Å². The molecule has 1 aliphatic rings. The second-order valence-corrected chi connectivity index (χ2v) is 6.56. The van der Waals surface area contributed by atoms with Crippen molar-refractivity contribution >= 4 is 17.4 Å². The summed E-state index contributed by atoms with van der Waals surface area (Å²) in [5, 5.41) is 13.0. The van der Waals surface area contributed by atoms with Gasteiger partial charge < -0.3 is 11.1 Å². The van der Waals surface area contributed by atoms with Crippen LogP contribution in [-0.2, 0) is 0 Å². The van der Waals surface area contributed by atoms with Crippen LogP contribution in [0.3, 0.4) is 0 Å². The van der Waals surface area contributed by atoms with E-state index < -0.39 is 0 Å². The van der Waals surface area contributed by atoms with Gasteiger partial charge in [0.15, 0.2) is 0 Å². The zero-order valence-electron chi connectivity index (χ0n) is 12.1. The smallest absolute Gasteiger partial charge is 0.102 e. The van der Waals surface area contributed by atoms with Gasteiger partial charge in [-0.3, -0.25) is 0 Å². The summed E-state index contributed by atoms with van der Waals surface area (Å²) in [4.78, 5) is 1.06. The molecule has 3 N–H and O–H groups in total. The van der Waals surface area contributed by atoms with Crippen molar-refractivity contribution < 1.29 is 0 Å². The molecule has 1 fully saturated rings. The molecule has 3 nitrogen and oxygen atoms in total. The summed E-state index contributed by atoms with van der Waals surface area (Å²) >= 11 is 1.71. The van der Waals surface area contributed by atoms with Crippen LogP contribution in [0.1, 0.15) is 38.2 Å². The summed E-state index contributed by atoms with van der Waals surface area (Å²) in [5.74, 6) is 1.62. The predicted molar refractivity (Wildman–Crippen MR) is 86.0 cm³/mol. The Kier molecular flexibility index (Phi) is 5.75. The predicted octanol–water partition coefficient (Wildman–Crippen LogP) is 3.60. The third-order valence-electron chi connectivity index (χ3n) is 4.00. The Morgan fingerprint density at radius 3 is 2.80 bits per heavy atom. The second kappa shape index (κ2) is 7.56. The zero-order chi connectivity index (χ0) is 14.4. The van der Waals surface area contributed by atoms with Crippen LogP contribution >= 0.6 is 11.8 Å². The maximum atomic E-state index is 9.44. The molecule has 108 valence electrons. The summed E-state index contributed by atoms with van der Waals surface area (Å²) in [5.41, 5.74) is 7.64. The molecule has 0 amide bonds. The maximum Gasteiger partial charge on any atom is 0.102 e. The highest BCUT2D eigenvalue weighted by atomic mass is 32.2. The molecule has 4 heteroatoms. The number of hydrogen-bond donors (Lipinski definition) is 2. The first kappa shape index (κ1) is 15.2. The van der Waals surface area contributed by atoms with E-state index >= 15 is 0 Å². The number of nitriles is 1.